The van der Waals surface area contributed by atoms with E-state index >= 15 is 0 Å². The van der Waals surface area contributed by atoms with Gasteiger partial charge in [-0.25, -0.2) is 0 Å². The zero-order valence-electron chi connectivity index (χ0n) is 23.4. The number of allylic oxidation sites excluding steroid dienone is 5. The molecular weight excluding hydrogens is 624 g/mol. The predicted octanol–water partition coefficient (Wildman–Crippen LogP) is 9.04. The van der Waals surface area contributed by atoms with Gasteiger partial charge in [0, 0.05) is 24.9 Å². The van der Waals surface area contributed by atoms with Crippen molar-refractivity contribution >= 4 is 41.3 Å². The first kappa shape index (κ1) is 30.9. The van der Waals surface area contributed by atoms with Gasteiger partial charge in [0.2, 0.25) is 0 Å². The van der Waals surface area contributed by atoms with Gasteiger partial charge in [-0.2, -0.15) is 0 Å². The minimum absolute atomic E-state index is 0.115. The molecule has 0 unspecified atom stereocenters. The number of hydrogen-bond acceptors (Lipinski definition) is 3. The maximum Gasteiger partial charge on any atom is 0.134 e. The Kier molecular flexibility index (Phi) is 11.1. The fraction of sp³-hybridized carbons (Fsp3) is 0.355. The smallest absolute Gasteiger partial charge is 0.134 e. The first-order chi connectivity index (χ1) is 17.8. The maximum atomic E-state index is 5.89. The summed E-state index contributed by atoms with van der Waals surface area (Å²) in [6, 6.07) is 9.98. The van der Waals surface area contributed by atoms with Crippen molar-refractivity contribution in [3.05, 3.63) is 98.8 Å². The van der Waals surface area contributed by atoms with E-state index in [1.165, 1.54) is 44.8 Å². The summed E-state index contributed by atoms with van der Waals surface area (Å²) >= 11 is 4.04. The summed E-state index contributed by atoms with van der Waals surface area (Å²) in [5, 5.41) is 0.654. The van der Waals surface area contributed by atoms with Crippen molar-refractivity contribution in [3.8, 4) is 5.75 Å². The number of aryl methyl sites for hydroxylation is 3. The van der Waals surface area contributed by atoms with Crippen molar-refractivity contribution in [3.63, 3.8) is 0 Å². The van der Waals surface area contributed by atoms with Crippen LogP contribution < -0.4 is 9.64 Å². The van der Waals surface area contributed by atoms with Crippen molar-refractivity contribution in [2.45, 2.75) is 61.5 Å². The van der Waals surface area contributed by atoms with Crippen LogP contribution >= 0.6 is 31.0 Å². The molecule has 7 heteroatoms. The number of halogens is 3. The number of hydrogen-bond donors (Lipinski definition) is 0. The number of rotatable bonds is 5. The zero-order chi connectivity index (χ0) is 28.1. The van der Waals surface area contributed by atoms with Gasteiger partial charge in [-0.1, -0.05) is 17.7 Å². The van der Waals surface area contributed by atoms with Crippen molar-refractivity contribution in [1.29, 1.82) is 0 Å². The van der Waals surface area contributed by atoms with Crippen LogP contribution in [0, 0.1) is 33.5 Å². The van der Waals surface area contributed by atoms with E-state index in [2.05, 4.69) is 82.3 Å². The minimum atomic E-state index is -1.85. The summed E-state index contributed by atoms with van der Waals surface area (Å²) in [7, 11) is 11.7. The summed E-state index contributed by atoms with van der Waals surface area (Å²) in [6.07, 6.45) is 5.80. The maximum absolute atomic E-state index is 5.89. The van der Waals surface area contributed by atoms with E-state index in [0.29, 0.717) is 5.02 Å². The molecule has 4 rings (SSSR count). The Hall–Kier alpha value is -1.67. The average Bonchev–Trinajstić information content (AvgIpc) is 3.23. The topological polar surface area (TPSA) is 15.7 Å². The van der Waals surface area contributed by atoms with Crippen LogP contribution in [0.3, 0.4) is 0 Å². The Bertz CT molecular complexity index is 1280. The second-order valence-electron chi connectivity index (χ2n) is 10.0. The first-order valence-electron chi connectivity index (χ1n) is 12.6. The number of benzene rings is 2. The third kappa shape index (κ3) is 8.17. The summed E-state index contributed by atoms with van der Waals surface area (Å²) in [5.74, 6) is 0.773. The molecule has 1 aliphatic heterocycles. The molecular formula is C31H37Cl3N2ORu. The Balaban J connectivity index is 0.000000232. The van der Waals surface area contributed by atoms with Crippen molar-refractivity contribution in [1.82, 2.24) is 4.90 Å². The first-order valence-corrected chi connectivity index (χ1v) is 18.5. The van der Waals surface area contributed by atoms with E-state index < -0.39 is 13.5 Å². The Morgan fingerprint density at radius 1 is 0.974 bits per heavy atom. The van der Waals surface area contributed by atoms with Crippen LogP contribution in [0.1, 0.15) is 56.9 Å². The summed E-state index contributed by atoms with van der Waals surface area (Å²) in [4.78, 5) is 4.77. The van der Waals surface area contributed by atoms with Crippen molar-refractivity contribution < 1.29 is 18.3 Å². The van der Waals surface area contributed by atoms with E-state index in [1.54, 1.807) is 6.07 Å². The van der Waals surface area contributed by atoms with E-state index in [1.807, 2.05) is 30.6 Å². The number of ether oxygens (including phenoxy) is 1. The molecule has 206 valence electrons. The minimum Gasteiger partial charge on any atom is -0.500 e. The largest absolute Gasteiger partial charge is 0.500 e. The van der Waals surface area contributed by atoms with E-state index in [9.17, 15) is 0 Å². The predicted molar refractivity (Wildman–Crippen MR) is 162 cm³/mol. The molecule has 0 N–H and O–H groups in total. The second-order valence-corrected chi connectivity index (χ2v) is 16.2. The Labute approximate surface area is 247 Å². The van der Waals surface area contributed by atoms with Gasteiger partial charge in [0.15, 0.2) is 0 Å². The normalized spacial score (nSPS) is 15.5. The molecule has 38 heavy (non-hydrogen) atoms. The molecule has 1 heterocycles. The van der Waals surface area contributed by atoms with Crippen LogP contribution in [0.25, 0.3) is 0 Å². The van der Waals surface area contributed by atoms with E-state index in [-0.39, 0.29) is 6.10 Å². The molecule has 0 spiro atoms. The summed E-state index contributed by atoms with van der Waals surface area (Å²) in [5.41, 5.74) is 11.3. The van der Waals surface area contributed by atoms with Crippen LogP contribution in [0.4, 0.5) is 5.69 Å². The molecule has 0 radical (unpaired) electrons. The molecule has 0 amide bonds. The summed E-state index contributed by atoms with van der Waals surface area (Å²) in [6.45, 7) is 21.3. The van der Waals surface area contributed by atoms with Gasteiger partial charge >= 0.3 is 108 Å². The van der Waals surface area contributed by atoms with Gasteiger partial charge in [0.1, 0.15) is 16.8 Å². The summed E-state index contributed by atoms with van der Waals surface area (Å²) < 4.78 is 7.45. The zero-order valence-corrected chi connectivity index (χ0v) is 27.4. The second kappa shape index (κ2) is 13.6. The van der Waals surface area contributed by atoms with Crippen LogP contribution in [0.5, 0.6) is 5.75 Å². The van der Waals surface area contributed by atoms with Gasteiger partial charge in [-0.05, 0) is 52.7 Å². The van der Waals surface area contributed by atoms with Gasteiger partial charge in [-0.15, -0.1) is 6.67 Å². The monoisotopic (exact) mass is 660 g/mol. The molecule has 3 nitrogen and oxygen atoms in total. The Morgan fingerprint density at radius 2 is 1.61 bits per heavy atom. The number of nitrogens with zero attached hydrogens (tertiary/aromatic N) is 2. The molecule has 0 atom stereocenters. The van der Waals surface area contributed by atoms with Crippen LogP contribution in [-0.4, -0.2) is 28.7 Å². The third-order valence-electron chi connectivity index (χ3n) is 6.14. The van der Waals surface area contributed by atoms with E-state index in [0.717, 1.165) is 24.4 Å². The molecule has 2 aromatic carbocycles. The van der Waals surface area contributed by atoms with Gasteiger partial charge in [0.05, 0.1) is 11.6 Å². The van der Waals surface area contributed by atoms with Crippen molar-refractivity contribution in [2.75, 3.05) is 18.0 Å². The third-order valence-corrected chi connectivity index (χ3v) is 8.21. The molecule has 2 aliphatic rings. The molecule has 0 saturated carbocycles. The SMILES string of the molecule is CC(C)Oc1ccc(Cl)cc1[CH]=[Ru]([Cl])[Cl].CC1=[C+]C(C)=CC(C)=C1N1[CH-]N(c2c(C)cc(C)cc2C)CC1. The quantitative estimate of drug-likeness (QED) is 0.235. The molecule has 2 aromatic rings. The number of anilines is 1. The van der Waals surface area contributed by atoms with Gasteiger partial charge in [-0.3, -0.25) is 0 Å². The molecule has 1 fully saturated rings. The van der Waals surface area contributed by atoms with Crippen LogP contribution in [-0.2, 0) is 13.5 Å². The fourth-order valence-electron chi connectivity index (χ4n) is 5.03. The van der Waals surface area contributed by atoms with E-state index in [4.69, 9.17) is 35.7 Å². The van der Waals surface area contributed by atoms with Crippen molar-refractivity contribution in [2.24, 2.45) is 0 Å². The average molecular weight is 661 g/mol. The van der Waals surface area contributed by atoms with Gasteiger partial charge in [0.25, 0.3) is 0 Å². The molecule has 1 saturated heterocycles. The Morgan fingerprint density at radius 3 is 2.18 bits per heavy atom. The van der Waals surface area contributed by atoms with Gasteiger partial charge < -0.3 is 9.80 Å². The van der Waals surface area contributed by atoms with Crippen LogP contribution in [0.2, 0.25) is 5.02 Å². The molecule has 0 bridgehead atoms. The molecule has 0 aromatic heterocycles. The standard InChI is InChI=1S/C21H26N2.C10H11ClO.2ClH.Ru/c1-14-9-16(3)20(17(4)10-14)22-7-8-23(13-22)21-18(5)11-15(2)12-19(21)6;1-7(2)12-10-5-4-9(11)6-8(10)3;;;/h9-11,13H,7-8H2,1-6H3;3-7H,1-2H3;2*1H;/q;;;;+2/p-2. The van der Waals surface area contributed by atoms with Crippen LogP contribution in [0.15, 0.2) is 58.8 Å². The fourth-order valence-corrected chi connectivity index (χ4v) is 6.99. The molecule has 1 aliphatic carbocycles.